The molecule has 0 heterocycles. The molecule has 0 saturated carbocycles. The van der Waals surface area contributed by atoms with Crippen molar-refractivity contribution in [1.29, 1.82) is 0 Å². The SMILES string of the molecule is CCOc1ccccc1NC(=O)CNC(=O)c1cc(OC)c(OC)c(OC)c1. The first-order valence-corrected chi connectivity index (χ1v) is 8.63. The molecule has 0 spiro atoms. The standard InChI is InChI=1S/C20H24N2O6/c1-5-28-15-9-7-6-8-14(15)22-18(23)12-21-20(24)13-10-16(25-2)19(27-4)17(11-13)26-3/h6-11H,5,12H2,1-4H3,(H,21,24)(H,22,23). The lowest BCUT2D eigenvalue weighted by atomic mass is 10.1. The zero-order chi connectivity index (χ0) is 20.5. The van der Waals surface area contributed by atoms with E-state index in [0.717, 1.165) is 0 Å². The van der Waals surface area contributed by atoms with Crippen molar-refractivity contribution < 1.29 is 28.5 Å². The number of amides is 2. The number of carbonyl (C=O) groups excluding carboxylic acids is 2. The van der Waals surface area contributed by atoms with Gasteiger partial charge in [-0.25, -0.2) is 0 Å². The Morgan fingerprint density at radius 3 is 2.14 bits per heavy atom. The number of anilines is 1. The molecule has 0 fully saturated rings. The third-order valence-corrected chi connectivity index (χ3v) is 3.80. The number of ether oxygens (including phenoxy) is 4. The summed E-state index contributed by atoms with van der Waals surface area (Å²) < 4.78 is 21.2. The third-order valence-electron chi connectivity index (χ3n) is 3.80. The van der Waals surface area contributed by atoms with E-state index in [-0.39, 0.29) is 18.0 Å². The predicted octanol–water partition coefficient (Wildman–Crippen LogP) is 2.48. The number of hydrogen-bond acceptors (Lipinski definition) is 6. The van der Waals surface area contributed by atoms with E-state index in [4.69, 9.17) is 18.9 Å². The number of benzene rings is 2. The minimum Gasteiger partial charge on any atom is -0.493 e. The van der Waals surface area contributed by atoms with Gasteiger partial charge in [-0.15, -0.1) is 0 Å². The zero-order valence-electron chi connectivity index (χ0n) is 16.3. The third kappa shape index (κ3) is 5.06. The average Bonchev–Trinajstić information content (AvgIpc) is 2.72. The van der Waals surface area contributed by atoms with Crippen molar-refractivity contribution in [3.63, 3.8) is 0 Å². The minimum atomic E-state index is -0.451. The Morgan fingerprint density at radius 1 is 0.929 bits per heavy atom. The van der Waals surface area contributed by atoms with Crippen molar-refractivity contribution in [3.05, 3.63) is 42.0 Å². The number of rotatable bonds is 9. The molecule has 0 aliphatic heterocycles. The molecule has 8 nitrogen and oxygen atoms in total. The Balaban J connectivity index is 2.05. The fourth-order valence-electron chi connectivity index (χ4n) is 2.52. The summed E-state index contributed by atoms with van der Waals surface area (Å²) in [6, 6.07) is 10.1. The minimum absolute atomic E-state index is 0.212. The van der Waals surface area contributed by atoms with Crippen LogP contribution in [0.25, 0.3) is 0 Å². The molecule has 0 aromatic heterocycles. The van der Waals surface area contributed by atoms with Crippen LogP contribution in [0.15, 0.2) is 36.4 Å². The maximum absolute atomic E-state index is 12.4. The van der Waals surface area contributed by atoms with Gasteiger partial charge in [0, 0.05) is 5.56 Å². The van der Waals surface area contributed by atoms with Crippen LogP contribution in [0.5, 0.6) is 23.0 Å². The summed E-state index contributed by atoms with van der Waals surface area (Å²) in [6.45, 7) is 2.12. The number of methoxy groups -OCH3 is 3. The van der Waals surface area contributed by atoms with Gasteiger partial charge >= 0.3 is 0 Å². The second-order valence-electron chi connectivity index (χ2n) is 5.57. The van der Waals surface area contributed by atoms with Gasteiger partial charge in [-0.1, -0.05) is 12.1 Å². The molecule has 0 unspecified atom stereocenters. The van der Waals surface area contributed by atoms with E-state index in [1.54, 1.807) is 18.2 Å². The molecule has 2 N–H and O–H groups in total. The summed E-state index contributed by atoms with van der Waals surface area (Å²) in [5.74, 6) is 0.811. The lowest BCUT2D eigenvalue weighted by Crippen LogP contribution is -2.33. The van der Waals surface area contributed by atoms with Crippen LogP contribution in [0.4, 0.5) is 5.69 Å². The summed E-state index contributed by atoms with van der Waals surface area (Å²) >= 11 is 0. The van der Waals surface area contributed by atoms with Crippen LogP contribution in [-0.4, -0.2) is 46.3 Å². The second-order valence-corrected chi connectivity index (χ2v) is 5.57. The molecule has 2 rings (SSSR count). The van der Waals surface area contributed by atoms with Crippen LogP contribution in [-0.2, 0) is 4.79 Å². The molecule has 0 aliphatic carbocycles. The van der Waals surface area contributed by atoms with E-state index in [1.807, 2.05) is 13.0 Å². The van der Waals surface area contributed by atoms with Gasteiger partial charge in [0.15, 0.2) is 11.5 Å². The molecule has 0 bridgehead atoms. The maximum atomic E-state index is 12.4. The molecule has 0 aliphatic rings. The monoisotopic (exact) mass is 388 g/mol. The highest BCUT2D eigenvalue weighted by molar-refractivity contribution is 6.00. The van der Waals surface area contributed by atoms with Crippen molar-refractivity contribution in [2.24, 2.45) is 0 Å². The maximum Gasteiger partial charge on any atom is 0.251 e. The van der Waals surface area contributed by atoms with Gasteiger partial charge < -0.3 is 29.6 Å². The van der Waals surface area contributed by atoms with Crippen LogP contribution in [0.2, 0.25) is 0 Å². The largest absolute Gasteiger partial charge is 0.493 e. The van der Waals surface area contributed by atoms with Crippen LogP contribution in [0, 0.1) is 0 Å². The van der Waals surface area contributed by atoms with Gasteiger partial charge in [-0.05, 0) is 31.2 Å². The Morgan fingerprint density at radius 2 is 1.57 bits per heavy atom. The first-order chi connectivity index (χ1) is 13.5. The van der Waals surface area contributed by atoms with Crippen LogP contribution in [0.3, 0.4) is 0 Å². The number of para-hydroxylation sites is 2. The predicted molar refractivity (Wildman–Crippen MR) is 105 cm³/mol. The molecular weight excluding hydrogens is 364 g/mol. The van der Waals surface area contributed by atoms with Crippen LogP contribution in [0.1, 0.15) is 17.3 Å². The van der Waals surface area contributed by atoms with Crippen molar-refractivity contribution in [2.45, 2.75) is 6.92 Å². The van der Waals surface area contributed by atoms with Crippen LogP contribution >= 0.6 is 0 Å². The van der Waals surface area contributed by atoms with E-state index in [1.165, 1.54) is 33.5 Å². The normalized spacial score (nSPS) is 10.0. The number of hydrogen-bond donors (Lipinski definition) is 2. The first kappa shape index (κ1) is 20.9. The molecule has 28 heavy (non-hydrogen) atoms. The second kappa shape index (κ2) is 10.1. The van der Waals surface area contributed by atoms with Crippen molar-refractivity contribution in [1.82, 2.24) is 5.32 Å². The highest BCUT2D eigenvalue weighted by atomic mass is 16.5. The topological polar surface area (TPSA) is 95.1 Å². The summed E-state index contributed by atoms with van der Waals surface area (Å²) in [6.07, 6.45) is 0. The Bertz CT molecular complexity index is 812. The highest BCUT2D eigenvalue weighted by Gasteiger charge is 2.17. The number of carbonyl (C=O) groups is 2. The quantitative estimate of drug-likeness (QED) is 0.685. The molecular formula is C20H24N2O6. The van der Waals surface area contributed by atoms with Gasteiger partial charge in [0.2, 0.25) is 11.7 Å². The van der Waals surface area contributed by atoms with E-state index in [0.29, 0.717) is 35.3 Å². The molecule has 0 radical (unpaired) electrons. The van der Waals surface area contributed by atoms with Gasteiger partial charge in [-0.2, -0.15) is 0 Å². The Kier molecular flexibility index (Phi) is 7.50. The molecule has 8 heteroatoms. The molecule has 2 aromatic rings. The fraction of sp³-hybridized carbons (Fsp3) is 0.300. The van der Waals surface area contributed by atoms with Gasteiger partial charge in [0.25, 0.3) is 5.91 Å². The molecule has 150 valence electrons. The zero-order valence-corrected chi connectivity index (χ0v) is 16.3. The van der Waals surface area contributed by atoms with E-state index in [9.17, 15) is 9.59 Å². The Labute approximate surface area is 163 Å². The van der Waals surface area contributed by atoms with E-state index < -0.39 is 5.91 Å². The first-order valence-electron chi connectivity index (χ1n) is 8.63. The molecule has 0 atom stereocenters. The molecule has 2 amide bonds. The van der Waals surface area contributed by atoms with Gasteiger partial charge in [-0.3, -0.25) is 9.59 Å². The summed E-state index contributed by atoms with van der Waals surface area (Å²) in [5.41, 5.74) is 0.813. The lowest BCUT2D eigenvalue weighted by Gasteiger charge is -2.14. The summed E-state index contributed by atoms with van der Waals surface area (Å²) in [7, 11) is 4.40. The van der Waals surface area contributed by atoms with Crippen molar-refractivity contribution in [2.75, 3.05) is 39.8 Å². The van der Waals surface area contributed by atoms with Crippen molar-refractivity contribution >= 4 is 17.5 Å². The average molecular weight is 388 g/mol. The lowest BCUT2D eigenvalue weighted by molar-refractivity contribution is -0.115. The summed E-state index contributed by atoms with van der Waals surface area (Å²) in [5, 5.41) is 5.28. The summed E-state index contributed by atoms with van der Waals surface area (Å²) in [4.78, 5) is 24.6. The molecule has 2 aromatic carbocycles. The van der Waals surface area contributed by atoms with Crippen LogP contribution < -0.4 is 29.6 Å². The van der Waals surface area contributed by atoms with E-state index in [2.05, 4.69) is 10.6 Å². The van der Waals surface area contributed by atoms with Gasteiger partial charge in [0.1, 0.15) is 5.75 Å². The number of nitrogens with one attached hydrogen (secondary N) is 2. The van der Waals surface area contributed by atoms with Crippen molar-refractivity contribution in [3.8, 4) is 23.0 Å². The van der Waals surface area contributed by atoms with E-state index >= 15 is 0 Å². The smallest absolute Gasteiger partial charge is 0.251 e. The Hall–Kier alpha value is -3.42. The fourth-order valence-corrected chi connectivity index (χ4v) is 2.52. The highest BCUT2D eigenvalue weighted by Crippen LogP contribution is 2.38. The molecule has 0 saturated heterocycles. The van der Waals surface area contributed by atoms with Gasteiger partial charge in [0.05, 0.1) is 40.2 Å².